The Labute approximate surface area is 149 Å². The molecule has 25 heavy (non-hydrogen) atoms. The summed E-state index contributed by atoms with van der Waals surface area (Å²) in [5.41, 5.74) is 3.59. The summed E-state index contributed by atoms with van der Waals surface area (Å²) in [6.07, 6.45) is 0. The van der Waals surface area contributed by atoms with Crippen LogP contribution < -0.4 is 10.6 Å². The summed E-state index contributed by atoms with van der Waals surface area (Å²) < 4.78 is 4.74. The first-order chi connectivity index (χ1) is 12.0. The van der Waals surface area contributed by atoms with Gasteiger partial charge in [-0.3, -0.25) is 14.3 Å². The number of aromatic nitrogens is 3. The molecule has 0 aliphatic rings. The maximum Gasteiger partial charge on any atom is 0.268 e. The number of nitrogens with one attached hydrogen (secondary N) is 2. The fourth-order valence-electron chi connectivity index (χ4n) is 2.78. The standard InChI is InChI=1S/C17H21N5O2S/c1-11-8-12(2)22(20-11)6-5-18-16(23)10-19-17(24)14-9-15-13(21(14)3)4-7-25-15/h4,7-9H,5-6,10H2,1-3H3,(H,18,23)(H,19,24). The van der Waals surface area contributed by atoms with Crippen molar-refractivity contribution in [3.63, 3.8) is 0 Å². The number of nitrogens with zero attached hydrogens (tertiary/aromatic N) is 3. The van der Waals surface area contributed by atoms with Gasteiger partial charge in [-0.15, -0.1) is 11.3 Å². The molecule has 0 bridgehead atoms. The van der Waals surface area contributed by atoms with Crippen molar-refractivity contribution in [3.05, 3.63) is 40.7 Å². The third kappa shape index (κ3) is 3.74. The van der Waals surface area contributed by atoms with E-state index in [0.29, 0.717) is 18.8 Å². The van der Waals surface area contributed by atoms with Gasteiger partial charge in [0.05, 0.1) is 29.0 Å². The van der Waals surface area contributed by atoms with Crippen LogP contribution in [-0.4, -0.2) is 39.3 Å². The second-order valence-corrected chi connectivity index (χ2v) is 6.89. The number of carbonyl (C=O) groups is 2. The summed E-state index contributed by atoms with van der Waals surface area (Å²) in [4.78, 5) is 24.2. The Kier molecular flexibility index (Phi) is 4.89. The molecule has 0 atom stereocenters. The van der Waals surface area contributed by atoms with Gasteiger partial charge in [0.15, 0.2) is 0 Å². The smallest absolute Gasteiger partial charge is 0.268 e. The monoisotopic (exact) mass is 359 g/mol. The Morgan fingerprint density at radius 1 is 1.24 bits per heavy atom. The summed E-state index contributed by atoms with van der Waals surface area (Å²) in [6, 6.07) is 5.81. The van der Waals surface area contributed by atoms with Gasteiger partial charge in [-0.2, -0.15) is 5.10 Å². The van der Waals surface area contributed by atoms with E-state index in [2.05, 4.69) is 15.7 Å². The highest BCUT2D eigenvalue weighted by molar-refractivity contribution is 7.17. The van der Waals surface area contributed by atoms with Gasteiger partial charge in [0.2, 0.25) is 5.91 Å². The fraction of sp³-hybridized carbons (Fsp3) is 0.353. The van der Waals surface area contributed by atoms with Crippen molar-refractivity contribution in [2.75, 3.05) is 13.1 Å². The molecule has 0 unspecified atom stereocenters. The quantitative estimate of drug-likeness (QED) is 0.701. The highest BCUT2D eigenvalue weighted by Gasteiger charge is 2.14. The summed E-state index contributed by atoms with van der Waals surface area (Å²) in [7, 11) is 1.85. The van der Waals surface area contributed by atoms with E-state index in [-0.39, 0.29) is 18.4 Å². The summed E-state index contributed by atoms with van der Waals surface area (Å²) >= 11 is 1.59. The molecular formula is C17H21N5O2S. The molecule has 132 valence electrons. The number of amides is 2. The van der Waals surface area contributed by atoms with E-state index >= 15 is 0 Å². The molecule has 3 rings (SSSR count). The molecular weight excluding hydrogens is 338 g/mol. The van der Waals surface area contributed by atoms with Gasteiger partial charge in [-0.25, -0.2) is 0 Å². The first kappa shape index (κ1) is 17.2. The van der Waals surface area contributed by atoms with Gasteiger partial charge in [-0.05, 0) is 37.4 Å². The normalized spacial score (nSPS) is 11.0. The zero-order valence-electron chi connectivity index (χ0n) is 14.5. The maximum absolute atomic E-state index is 12.3. The predicted molar refractivity (Wildman–Crippen MR) is 97.8 cm³/mol. The molecule has 0 aliphatic carbocycles. The van der Waals surface area contributed by atoms with Gasteiger partial charge < -0.3 is 15.2 Å². The third-order valence-corrected chi connectivity index (χ3v) is 4.91. The SMILES string of the molecule is Cc1cc(C)n(CCNC(=O)CNC(=O)c2cc3sccc3n2C)n1. The van der Waals surface area contributed by atoms with E-state index in [9.17, 15) is 9.59 Å². The molecule has 0 aromatic carbocycles. The number of rotatable bonds is 6. The maximum atomic E-state index is 12.3. The number of hydrogen-bond donors (Lipinski definition) is 2. The summed E-state index contributed by atoms with van der Waals surface area (Å²) in [6.45, 7) is 4.94. The van der Waals surface area contributed by atoms with Gasteiger partial charge in [0, 0.05) is 19.3 Å². The van der Waals surface area contributed by atoms with Crippen LogP contribution in [0.5, 0.6) is 0 Å². The zero-order valence-corrected chi connectivity index (χ0v) is 15.3. The predicted octanol–water partition coefficient (Wildman–Crippen LogP) is 1.60. The molecule has 3 aromatic rings. The molecule has 7 nitrogen and oxygen atoms in total. The van der Waals surface area contributed by atoms with Crippen LogP contribution in [-0.2, 0) is 18.4 Å². The molecule has 8 heteroatoms. The molecule has 0 aliphatic heterocycles. The van der Waals surface area contributed by atoms with Gasteiger partial charge in [0.25, 0.3) is 5.91 Å². The summed E-state index contributed by atoms with van der Waals surface area (Å²) in [5, 5.41) is 11.8. The summed E-state index contributed by atoms with van der Waals surface area (Å²) in [5.74, 6) is -0.467. The van der Waals surface area contributed by atoms with Crippen LogP contribution in [0.15, 0.2) is 23.6 Å². The van der Waals surface area contributed by atoms with Crippen molar-refractivity contribution in [2.24, 2.45) is 7.05 Å². The Bertz CT molecular complexity index is 921. The zero-order chi connectivity index (χ0) is 18.0. The first-order valence-corrected chi connectivity index (χ1v) is 8.92. The molecule has 0 spiro atoms. The van der Waals surface area contributed by atoms with Gasteiger partial charge in [-0.1, -0.05) is 0 Å². The number of thiophene rings is 1. The van der Waals surface area contributed by atoms with Crippen molar-refractivity contribution in [1.82, 2.24) is 25.0 Å². The van der Waals surface area contributed by atoms with Crippen molar-refractivity contribution in [1.29, 1.82) is 0 Å². The van der Waals surface area contributed by atoms with E-state index in [0.717, 1.165) is 21.6 Å². The van der Waals surface area contributed by atoms with E-state index in [1.807, 2.05) is 53.7 Å². The highest BCUT2D eigenvalue weighted by Crippen LogP contribution is 2.23. The van der Waals surface area contributed by atoms with E-state index in [1.54, 1.807) is 11.3 Å². The second kappa shape index (κ2) is 7.10. The minimum atomic E-state index is -0.250. The topological polar surface area (TPSA) is 81.0 Å². The largest absolute Gasteiger partial charge is 0.353 e. The molecule has 0 fully saturated rings. The van der Waals surface area contributed by atoms with Crippen molar-refractivity contribution in [3.8, 4) is 0 Å². The molecule has 2 amide bonds. The van der Waals surface area contributed by atoms with Crippen molar-refractivity contribution < 1.29 is 9.59 Å². The van der Waals surface area contributed by atoms with E-state index in [1.165, 1.54) is 0 Å². The fourth-order valence-corrected chi connectivity index (χ4v) is 3.63. The lowest BCUT2D eigenvalue weighted by Crippen LogP contribution is -2.38. The Hall–Kier alpha value is -2.61. The average molecular weight is 359 g/mol. The molecule has 3 heterocycles. The lowest BCUT2D eigenvalue weighted by atomic mass is 10.4. The number of hydrogen-bond acceptors (Lipinski definition) is 4. The van der Waals surface area contributed by atoms with Crippen LogP contribution in [0.4, 0.5) is 0 Å². The molecule has 0 saturated heterocycles. The highest BCUT2D eigenvalue weighted by atomic mass is 32.1. The molecule has 2 N–H and O–H groups in total. The minimum Gasteiger partial charge on any atom is -0.353 e. The van der Waals surface area contributed by atoms with Crippen LogP contribution in [0.2, 0.25) is 0 Å². The van der Waals surface area contributed by atoms with Crippen molar-refractivity contribution in [2.45, 2.75) is 20.4 Å². The van der Waals surface area contributed by atoms with Gasteiger partial charge in [0.1, 0.15) is 5.69 Å². The minimum absolute atomic E-state index is 0.0468. The number of carbonyl (C=O) groups excluding carboxylic acids is 2. The first-order valence-electron chi connectivity index (χ1n) is 8.04. The molecule has 0 radical (unpaired) electrons. The lowest BCUT2D eigenvalue weighted by Gasteiger charge is -2.08. The van der Waals surface area contributed by atoms with E-state index < -0.39 is 0 Å². The van der Waals surface area contributed by atoms with Crippen LogP contribution in [0.3, 0.4) is 0 Å². The number of aryl methyl sites for hydroxylation is 3. The molecule has 3 aromatic heterocycles. The van der Waals surface area contributed by atoms with Crippen LogP contribution >= 0.6 is 11.3 Å². The Balaban J connectivity index is 1.47. The Morgan fingerprint density at radius 3 is 2.72 bits per heavy atom. The van der Waals surface area contributed by atoms with Crippen LogP contribution in [0.1, 0.15) is 21.9 Å². The number of fused-ring (bicyclic) bond motifs is 1. The van der Waals surface area contributed by atoms with E-state index in [4.69, 9.17) is 0 Å². The second-order valence-electron chi connectivity index (χ2n) is 5.94. The lowest BCUT2D eigenvalue weighted by molar-refractivity contribution is -0.120. The Morgan fingerprint density at radius 2 is 2.04 bits per heavy atom. The van der Waals surface area contributed by atoms with Crippen molar-refractivity contribution >= 4 is 33.4 Å². The molecule has 0 saturated carbocycles. The van der Waals surface area contributed by atoms with Gasteiger partial charge >= 0.3 is 0 Å². The van der Waals surface area contributed by atoms with Crippen LogP contribution in [0, 0.1) is 13.8 Å². The van der Waals surface area contributed by atoms with Crippen LogP contribution in [0.25, 0.3) is 10.2 Å². The average Bonchev–Trinajstić information content (AvgIpc) is 3.23. The third-order valence-electron chi connectivity index (χ3n) is 4.06.